The molecule has 2 atom stereocenters. The van der Waals surface area contributed by atoms with Gasteiger partial charge in [0, 0.05) is 0 Å². The molecule has 0 fully saturated rings. The molecule has 0 radical (unpaired) electrons. The summed E-state index contributed by atoms with van der Waals surface area (Å²) in [7, 11) is 1.45. The Labute approximate surface area is 102 Å². The van der Waals surface area contributed by atoms with Gasteiger partial charge in [0.1, 0.15) is 0 Å². The minimum atomic E-state index is -1.28. The zero-order valence-electron chi connectivity index (χ0n) is 6.42. The molecule has 0 bridgehead atoms. The summed E-state index contributed by atoms with van der Waals surface area (Å²) in [5.41, 5.74) is 0. The minimum Gasteiger partial charge on any atom is -0.548 e. The van der Waals surface area contributed by atoms with E-state index in [2.05, 4.69) is 5.32 Å². The predicted octanol–water partition coefficient (Wildman–Crippen LogP) is -5.29. The Morgan fingerprint density at radius 1 is 1.70 bits per heavy atom. The van der Waals surface area contributed by atoms with Crippen molar-refractivity contribution in [2.75, 3.05) is 7.05 Å². The van der Waals surface area contributed by atoms with Crippen LogP contribution in [0.3, 0.4) is 0 Å². The number of aliphatic carboxylic acids is 1. The molecule has 2 N–H and O–H groups in total. The molecule has 2 unspecified atom stereocenters. The van der Waals surface area contributed by atoms with Crippen LogP contribution in [0.1, 0.15) is 6.92 Å². The molecule has 0 aromatic heterocycles. The number of carboxylic acid groups (broad SMARTS) is 1. The average molecular weight is 171 g/mol. The van der Waals surface area contributed by atoms with Crippen LogP contribution in [0.2, 0.25) is 0 Å². The summed E-state index contributed by atoms with van der Waals surface area (Å²) in [6.07, 6.45) is -0.917. The maximum atomic E-state index is 10.0. The van der Waals surface area contributed by atoms with Gasteiger partial charge in [0.2, 0.25) is 0 Å². The predicted molar refractivity (Wildman–Crippen MR) is 29.5 cm³/mol. The molecule has 0 rings (SSSR count). The number of carboxylic acids is 1. The van der Waals surface area contributed by atoms with E-state index < -0.39 is 18.1 Å². The molecule has 0 aliphatic carbocycles. The molecule has 0 aliphatic heterocycles. The average Bonchev–Trinajstić information content (AvgIpc) is 1.64. The summed E-state index contributed by atoms with van der Waals surface area (Å²) in [6, 6.07) is -0.968. The zero-order valence-corrected chi connectivity index (χ0v) is 9.54. The molecule has 0 aromatic carbocycles. The third-order valence-corrected chi connectivity index (χ3v) is 1.05. The molecule has 0 spiro atoms. The van der Waals surface area contributed by atoms with Crippen LogP contribution in [0.5, 0.6) is 0 Å². The van der Waals surface area contributed by atoms with E-state index in [1.54, 1.807) is 0 Å². The van der Waals surface area contributed by atoms with Gasteiger partial charge in [0.25, 0.3) is 0 Å². The van der Waals surface area contributed by atoms with E-state index in [9.17, 15) is 9.90 Å². The molecule has 54 valence electrons. The van der Waals surface area contributed by atoms with Gasteiger partial charge in [-0.1, -0.05) is 0 Å². The summed E-state index contributed by atoms with van der Waals surface area (Å²) in [5.74, 6) is -1.28. The van der Waals surface area contributed by atoms with E-state index in [-0.39, 0.29) is 51.4 Å². The van der Waals surface area contributed by atoms with E-state index in [0.29, 0.717) is 0 Å². The SMILES string of the molecule is CNC(C(=O)[O-])C(C)O.[K+]. The van der Waals surface area contributed by atoms with Crippen molar-refractivity contribution in [2.45, 2.75) is 19.1 Å². The molecule has 10 heavy (non-hydrogen) atoms. The summed E-state index contributed by atoms with van der Waals surface area (Å²) in [6.45, 7) is 1.39. The number of carbonyl (C=O) groups is 1. The molecule has 0 saturated heterocycles. The second-order valence-electron chi connectivity index (χ2n) is 1.83. The van der Waals surface area contributed by atoms with Crippen LogP contribution >= 0.6 is 0 Å². The summed E-state index contributed by atoms with van der Waals surface area (Å²) in [5, 5.41) is 21.1. The van der Waals surface area contributed by atoms with Crippen LogP contribution in [0.15, 0.2) is 0 Å². The summed E-state index contributed by atoms with van der Waals surface area (Å²) < 4.78 is 0. The Kier molecular flexibility index (Phi) is 9.14. The number of aliphatic hydroxyl groups is 1. The molecule has 0 saturated carbocycles. The monoisotopic (exact) mass is 171 g/mol. The van der Waals surface area contributed by atoms with E-state index in [1.165, 1.54) is 14.0 Å². The first-order valence-corrected chi connectivity index (χ1v) is 2.65. The first-order chi connectivity index (χ1) is 4.09. The van der Waals surface area contributed by atoms with Crippen molar-refractivity contribution >= 4 is 5.97 Å². The molecular weight excluding hydrogens is 161 g/mol. The van der Waals surface area contributed by atoms with Crippen LogP contribution < -0.4 is 61.8 Å². The Balaban J connectivity index is 0. The number of likely N-dealkylation sites (N-methyl/N-ethyl adjacent to an activating group) is 1. The van der Waals surface area contributed by atoms with Crippen LogP contribution in [-0.2, 0) is 4.79 Å². The van der Waals surface area contributed by atoms with Crippen LogP contribution in [0.25, 0.3) is 0 Å². The van der Waals surface area contributed by atoms with Crippen molar-refractivity contribution in [1.29, 1.82) is 0 Å². The first kappa shape index (κ1) is 13.6. The van der Waals surface area contributed by atoms with E-state index >= 15 is 0 Å². The van der Waals surface area contributed by atoms with Crippen LogP contribution in [0.4, 0.5) is 0 Å². The normalized spacial score (nSPS) is 15.1. The third kappa shape index (κ3) is 4.78. The van der Waals surface area contributed by atoms with Crippen LogP contribution in [0, 0.1) is 0 Å². The maximum Gasteiger partial charge on any atom is 1.00 e. The molecule has 0 heterocycles. The Hall–Kier alpha value is 1.03. The van der Waals surface area contributed by atoms with Crippen molar-refractivity contribution < 1.29 is 66.4 Å². The van der Waals surface area contributed by atoms with Crippen molar-refractivity contribution in [2.24, 2.45) is 0 Å². The van der Waals surface area contributed by atoms with E-state index in [1.807, 2.05) is 0 Å². The smallest absolute Gasteiger partial charge is 0.548 e. The quantitative estimate of drug-likeness (QED) is 0.416. The summed E-state index contributed by atoms with van der Waals surface area (Å²) >= 11 is 0. The topological polar surface area (TPSA) is 72.4 Å². The Morgan fingerprint density at radius 2 is 2.10 bits per heavy atom. The number of hydrogen-bond donors (Lipinski definition) is 2. The van der Waals surface area contributed by atoms with Crippen molar-refractivity contribution in [3.63, 3.8) is 0 Å². The van der Waals surface area contributed by atoms with Crippen molar-refractivity contribution in [3.8, 4) is 0 Å². The van der Waals surface area contributed by atoms with E-state index in [4.69, 9.17) is 5.11 Å². The second-order valence-corrected chi connectivity index (χ2v) is 1.83. The standard InChI is InChI=1S/C5H11NO3.K/c1-3(7)4(6-2)5(8)9;/h3-4,6-7H,1-2H3,(H,8,9);/q;+1/p-1. The third-order valence-electron chi connectivity index (χ3n) is 1.05. The molecule has 0 aromatic rings. The number of rotatable bonds is 3. The first-order valence-electron chi connectivity index (χ1n) is 2.65. The van der Waals surface area contributed by atoms with Gasteiger partial charge in [0.15, 0.2) is 0 Å². The van der Waals surface area contributed by atoms with Gasteiger partial charge in [-0.05, 0) is 14.0 Å². The molecular formula is C5H10KNO3. The zero-order chi connectivity index (χ0) is 7.44. The Morgan fingerprint density at radius 3 is 2.10 bits per heavy atom. The van der Waals surface area contributed by atoms with Gasteiger partial charge in [-0.25, -0.2) is 0 Å². The van der Waals surface area contributed by atoms with Gasteiger partial charge in [0.05, 0.1) is 18.1 Å². The van der Waals surface area contributed by atoms with Crippen LogP contribution in [-0.4, -0.2) is 30.3 Å². The van der Waals surface area contributed by atoms with Gasteiger partial charge in [-0.2, -0.15) is 0 Å². The number of carbonyl (C=O) groups excluding carboxylic acids is 1. The second kappa shape index (κ2) is 6.72. The van der Waals surface area contributed by atoms with Crippen molar-refractivity contribution in [1.82, 2.24) is 5.32 Å². The van der Waals surface area contributed by atoms with Gasteiger partial charge < -0.3 is 20.3 Å². The fourth-order valence-electron chi connectivity index (χ4n) is 0.556. The van der Waals surface area contributed by atoms with E-state index in [0.717, 1.165) is 0 Å². The number of aliphatic hydroxyl groups excluding tert-OH is 1. The molecule has 0 amide bonds. The maximum absolute atomic E-state index is 10.0. The summed E-state index contributed by atoms with van der Waals surface area (Å²) in [4.78, 5) is 10.0. The minimum absolute atomic E-state index is 0. The largest absolute Gasteiger partial charge is 1.00 e. The van der Waals surface area contributed by atoms with Gasteiger partial charge in [-0.3, -0.25) is 0 Å². The fraction of sp³-hybridized carbons (Fsp3) is 0.800. The molecule has 5 heteroatoms. The Bertz CT molecular complexity index is 107. The van der Waals surface area contributed by atoms with Gasteiger partial charge in [-0.15, -0.1) is 0 Å². The molecule has 4 nitrogen and oxygen atoms in total. The fourth-order valence-corrected chi connectivity index (χ4v) is 0.556. The van der Waals surface area contributed by atoms with Gasteiger partial charge >= 0.3 is 51.4 Å². The number of nitrogens with one attached hydrogen (secondary N) is 1. The number of hydrogen-bond acceptors (Lipinski definition) is 4. The van der Waals surface area contributed by atoms with Crippen molar-refractivity contribution in [3.05, 3.63) is 0 Å². The molecule has 0 aliphatic rings.